The van der Waals surface area contributed by atoms with Crippen molar-refractivity contribution in [2.45, 2.75) is 27.0 Å². The van der Waals surface area contributed by atoms with Crippen LogP contribution in [-0.4, -0.2) is 25.5 Å². The second-order valence-electron chi connectivity index (χ2n) is 1.96. The van der Waals surface area contributed by atoms with Crippen LogP contribution in [0.1, 0.15) is 20.8 Å². The number of nitrogens with one attached hydrogen (secondary N) is 1. The van der Waals surface area contributed by atoms with Crippen LogP contribution in [0.15, 0.2) is 0 Å². The van der Waals surface area contributed by atoms with Gasteiger partial charge < -0.3 is 9.47 Å². The van der Waals surface area contributed by atoms with E-state index in [2.05, 4.69) is 10.1 Å². The lowest BCUT2D eigenvalue weighted by Gasteiger charge is -2.12. The average molecular weight is 161 g/mol. The predicted octanol–water partition coefficient (Wildman–Crippen LogP) is 1.11. The van der Waals surface area contributed by atoms with E-state index < -0.39 is 6.09 Å². The summed E-state index contributed by atoms with van der Waals surface area (Å²) < 4.78 is 9.68. The number of amides is 1. The molecule has 11 heavy (non-hydrogen) atoms. The van der Waals surface area contributed by atoms with E-state index in [4.69, 9.17) is 4.74 Å². The normalized spacial score (nSPS) is 12.3. The molecule has 0 saturated heterocycles. The van der Waals surface area contributed by atoms with Crippen molar-refractivity contribution in [2.75, 3.05) is 13.2 Å². The smallest absolute Gasteiger partial charge is 0.409 e. The molecule has 1 N–H and O–H groups in total. The third-order valence-corrected chi connectivity index (χ3v) is 1.01. The van der Waals surface area contributed by atoms with Gasteiger partial charge in [0.25, 0.3) is 0 Å². The van der Waals surface area contributed by atoms with E-state index in [1.807, 2.05) is 6.92 Å². The van der Waals surface area contributed by atoms with Crippen LogP contribution in [-0.2, 0) is 9.47 Å². The first-order valence-corrected chi connectivity index (χ1v) is 3.75. The monoisotopic (exact) mass is 161 g/mol. The highest BCUT2D eigenvalue weighted by atomic mass is 16.6. The molecular formula is C7H15NO3. The Hall–Kier alpha value is -0.770. The van der Waals surface area contributed by atoms with Gasteiger partial charge >= 0.3 is 6.09 Å². The molecule has 0 rings (SSSR count). The predicted molar refractivity (Wildman–Crippen MR) is 41.2 cm³/mol. The van der Waals surface area contributed by atoms with E-state index in [0.717, 1.165) is 0 Å². The van der Waals surface area contributed by atoms with Gasteiger partial charge in [-0.15, -0.1) is 0 Å². The topological polar surface area (TPSA) is 47.6 Å². The van der Waals surface area contributed by atoms with Crippen LogP contribution >= 0.6 is 0 Å². The van der Waals surface area contributed by atoms with E-state index in [1.54, 1.807) is 13.8 Å². The number of hydrogen-bond donors (Lipinski definition) is 1. The van der Waals surface area contributed by atoms with Crippen molar-refractivity contribution < 1.29 is 14.3 Å². The molecule has 0 aromatic heterocycles. The Balaban J connectivity index is 3.40. The molecule has 1 unspecified atom stereocenters. The fourth-order valence-corrected chi connectivity index (χ4v) is 0.630. The maximum absolute atomic E-state index is 10.7. The average Bonchev–Trinajstić information content (AvgIpc) is 1.87. The maximum Gasteiger partial charge on any atom is 0.409 e. The molecule has 0 aliphatic carbocycles. The molecular weight excluding hydrogens is 146 g/mol. The number of rotatable bonds is 4. The van der Waals surface area contributed by atoms with Crippen molar-refractivity contribution in [3.63, 3.8) is 0 Å². The maximum atomic E-state index is 10.7. The lowest BCUT2D eigenvalue weighted by atomic mass is 10.6. The molecule has 0 radical (unpaired) electrons. The van der Waals surface area contributed by atoms with Crippen LogP contribution in [0.2, 0.25) is 0 Å². The zero-order chi connectivity index (χ0) is 8.69. The number of hydrogen-bond acceptors (Lipinski definition) is 3. The number of carbonyl (C=O) groups is 1. The van der Waals surface area contributed by atoms with Gasteiger partial charge in [0, 0.05) is 6.61 Å². The van der Waals surface area contributed by atoms with Gasteiger partial charge in [0.1, 0.15) is 6.23 Å². The Kier molecular flexibility index (Phi) is 5.56. The van der Waals surface area contributed by atoms with Crippen molar-refractivity contribution in [1.29, 1.82) is 0 Å². The minimum Gasteiger partial charge on any atom is -0.450 e. The third kappa shape index (κ3) is 5.66. The Morgan fingerprint density at radius 3 is 2.55 bits per heavy atom. The molecule has 4 heteroatoms. The second kappa shape index (κ2) is 5.97. The molecule has 0 saturated carbocycles. The molecule has 0 aliphatic rings. The van der Waals surface area contributed by atoms with Gasteiger partial charge in [-0.1, -0.05) is 0 Å². The fraction of sp³-hybridized carbons (Fsp3) is 0.857. The SMILES string of the molecule is CCOC(=O)NC(C)OCC. The van der Waals surface area contributed by atoms with Crippen LogP contribution < -0.4 is 5.32 Å². The molecule has 4 nitrogen and oxygen atoms in total. The summed E-state index contributed by atoms with van der Waals surface area (Å²) in [5.41, 5.74) is 0. The largest absolute Gasteiger partial charge is 0.450 e. The molecule has 0 aromatic carbocycles. The van der Waals surface area contributed by atoms with Crippen molar-refractivity contribution in [3.8, 4) is 0 Å². The van der Waals surface area contributed by atoms with Crippen LogP contribution in [0.5, 0.6) is 0 Å². The number of carbonyl (C=O) groups excluding carboxylic acids is 1. The van der Waals surface area contributed by atoms with Gasteiger partial charge in [-0.2, -0.15) is 0 Å². The van der Waals surface area contributed by atoms with Gasteiger partial charge in [0.05, 0.1) is 6.61 Å². The summed E-state index contributed by atoms with van der Waals surface area (Å²) in [5.74, 6) is 0. The van der Waals surface area contributed by atoms with Gasteiger partial charge in [-0.3, -0.25) is 5.32 Å². The quantitative estimate of drug-likeness (QED) is 0.628. The summed E-state index contributed by atoms with van der Waals surface area (Å²) in [5, 5.41) is 2.50. The molecule has 0 fully saturated rings. The Morgan fingerprint density at radius 2 is 2.09 bits per heavy atom. The van der Waals surface area contributed by atoms with Crippen LogP contribution in [0.4, 0.5) is 4.79 Å². The van der Waals surface area contributed by atoms with Gasteiger partial charge in [-0.25, -0.2) is 4.79 Å². The summed E-state index contributed by atoms with van der Waals surface area (Å²) in [7, 11) is 0. The third-order valence-electron chi connectivity index (χ3n) is 1.01. The van der Waals surface area contributed by atoms with Crippen molar-refractivity contribution in [3.05, 3.63) is 0 Å². The van der Waals surface area contributed by atoms with E-state index in [9.17, 15) is 4.79 Å². The highest BCUT2D eigenvalue weighted by Crippen LogP contribution is 1.86. The zero-order valence-corrected chi connectivity index (χ0v) is 7.22. The van der Waals surface area contributed by atoms with E-state index >= 15 is 0 Å². The van der Waals surface area contributed by atoms with Crippen molar-refractivity contribution in [1.82, 2.24) is 5.32 Å². The molecule has 0 spiro atoms. The Labute approximate surface area is 66.9 Å². The summed E-state index contributed by atoms with van der Waals surface area (Å²) in [6.07, 6.45) is -0.715. The van der Waals surface area contributed by atoms with E-state index in [1.165, 1.54) is 0 Å². The fourth-order valence-electron chi connectivity index (χ4n) is 0.630. The first kappa shape index (κ1) is 10.2. The molecule has 0 heterocycles. The molecule has 66 valence electrons. The number of alkyl carbamates (subject to hydrolysis) is 1. The van der Waals surface area contributed by atoms with Crippen molar-refractivity contribution in [2.24, 2.45) is 0 Å². The van der Waals surface area contributed by atoms with Crippen LogP contribution in [0.25, 0.3) is 0 Å². The first-order chi connectivity index (χ1) is 5.20. The van der Waals surface area contributed by atoms with Gasteiger partial charge in [0.2, 0.25) is 0 Å². The van der Waals surface area contributed by atoms with E-state index in [-0.39, 0.29) is 6.23 Å². The Bertz CT molecular complexity index is 116. The molecule has 1 amide bonds. The highest BCUT2D eigenvalue weighted by Gasteiger charge is 2.05. The summed E-state index contributed by atoms with van der Waals surface area (Å²) in [6, 6.07) is 0. The standard InChI is InChI=1S/C7H15NO3/c1-4-10-6(3)8-7(9)11-5-2/h6H,4-5H2,1-3H3,(H,8,9). The molecule has 1 atom stereocenters. The lowest BCUT2D eigenvalue weighted by Crippen LogP contribution is -2.34. The molecule has 0 aliphatic heterocycles. The highest BCUT2D eigenvalue weighted by molar-refractivity contribution is 5.67. The lowest BCUT2D eigenvalue weighted by molar-refractivity contribution is 0.0461. The summed E-state index contributed by atoms with van der Waals surface area (Å²) in [4.78, 5) is 10.7. The molecule has 0 aromatic rings. The van der Waals surface area contributed by atoms with Gasteiger partial charge in [-0.05, 0) is 20.8 Å². The second-order valence-corrected chi connectivity index (χ2v) is 1.96. The van der Waals surface area contributed by atoms with Crippen molar-refractivity contribution >= 4 is 6.09 Å². The van der Waals surface area contributed by atoms with E-state index in [0.29, 0.717) is 13.2 Å². The minimum atomic E-state index is -0.437. The summed E-state index contributed by atoms with van der Waals surface area (Å²) in [6.45, 7) is 6.33. The molecule has 0 bridgehead atoms. The first-order valence-electron chi connectivity index (χ1n) is 3.75. The van der Waals surface area contributed by atoms with Crippen LogP contribution in [0.3, 0.4) is 0 Å². The summed E-state index contributed by atoms with van der Waals surface area (Å²) >= 11 is 0. The van der Waals surface area contributed by atoms with Crippen LogP contribution in [0, 0.1) is 0 Å². The number of ether oxygens (including phenoxy) is 2. The zero-order valence-electron chi connectivity index (χ0n) is 7.22. The Morgan fingerprint density at radius 1 is 1.45 bits per heavy atom. The van der Waals surface area contributed by atoms with Gasteiger partial charge in [0.15, 0.2) is 0 Å². The minimum absolute atomic E-state index is 0.279.